The maximum Gasteiger partial charge on any atom is 0.138 e. The molecule has 2 aromatic carbocycles. The third-order valence-corrected chi connectivity index (χ3v) is 2.30. The molecule has 0 aromatic heterocycles. The van der Waals surface area contributed by atoms with E-state index in [2.05, 4.69) is 0 Å². The van der Waals surface area contributed by atoms with Crippen LogP contribution in [0.4, 0.5) is 0 Å². The first-order valence-electron chi connectivity index (χ1n) is 5.48. The summed E-state index contributed by atoms with van der Waals surface area (Å²) in [6.45, 7) is 0.244. The van der Waals surface area contributed by atoms with E-state index < -0.39 is 0 Å². The van der Waals surface area contributed by atoms with Gasteiger partial charge in [-0.1, -0.05) is 30.4 Å². The number of para-hydroxylation sites is 1. The number of hydrogen-bond donors (Lipinski definition) is 1. The van der Waals surface area contributed by atoms with Gasteiger partial charge in [-0.15, -0.1) is 0 Å². The quantitative estimate of drug-likeness (QED) is 0.838. The third kappa shape index (κ3) is 3.75. The van der Waals surface area contributed by atoms with Crippen molar-refractivity contribution < 1.29 is 9.47 Å². The van der Waals surface area contributed by atoms with Gasteiger partial charge in [0.2, 0.25) is 0 Å². The molecular formula is C14H13NO2S. The molecule has 18 heavy (non-hydrogen) atoms. The minimum absolute atomic E-state index is 0.244. The Kier molecular flexibility index (Phi) is 4.15. The van der Waals surface area contributed by atoms with Crippen LogP contribution >= 0.6 is 12.2 Å². The van der Waals surface area contributed by atoms with E-state index in [1.54, 1.807) is 0 Å². The van der Waals surface area contributed by atoms with E-state index in [4.69, 9.17) is 27.4 Å². The predicted molar refractivity (Wildman–Crippen MR) is 75.2 cm³/mol. The van der Waals surface area contributed by atoms with Crippen LogP contribution in [0.2, 0.25) is 0 Å². The zero-order valence-electron chi connectivity index (χ0n) is 9.71. The van der Waals surface area contributed by atoms with E-state index in [0.29, 0.717) is 10.7 Å². The molecule has 2 N–H and O–H groups in total. The Bertz CT molecular complexity index is 511. The average molecular weight is 259 g/mol. The number of thiocarbonyl (C=S) groups is 1. The van der Waals surface area contributed by atoms with Crippen LogP contribution in [0.5, 0.6) is 17.2 Å². The molecule has 0 heterocycles. The zero-order valence-corrected chi connectivity index (χ0v) is 10.5. The van der Waals surface area contributed by atoms with E-state index in [9.17, 15) is 0 Å². The van der Waals surface area contributed by atoms with Crippen molar-refractivity contribution in [3.05, 3.63) is 54.6 Å². The van der Waals surface area contributed by atoms with Crippen LogP contribution in [0.25, 0.3) is 0 Å². The first kappa shape index (κ1) is 12.4. The van der Waals surface area contributed by atoms with Crippen LogP contribution in [0.1, 0.15) is 0 Å². The highest BCUT2D eigenvalue weighted by atomic mass is 32.1. The lowest BCUT2D eigenvalue weighted by atomic mass is 10.3. The van der Waals surface area contributed by atoms with Gasteiger partial charge in [0, 0.05) is 0 Å². The van der Waals surface area contributed by atoms with Crippen LogP contribution in [0.3, 0.4) is 0 Å². The van der Waals surface area contributed by atoms with Gasteiger partial charge in [-0.25, -0.2) is 0 Å². The first-order valence-corrected chi connectivity index (χ1v) is 5.89. The fourth-order valence-electron chi connectivity index (χ4n) is 1.38. The monoisotopic (exact) mass is 259 g/mol. The Morgan fingerprint density at radius 2 is 1.44 bits per heavy atom. The first-order chi connectivity index (χ1) is 8.74. The summed E-state index contributed by atoms with van der Waals surface area (Å²) in [5.41, 5.74) is 5.35. The SMILES string of the molecule is NC(=S)COc1ccc(Oc2ccccc2)cc1. The van der Waals surface area contributed by atoms with Gasteiger partial charge in [-0.05, 0) is 36.4 Å². The molecule has 4 heteroatoms. The number of rotatable bonds is 5. The molecule has 0 spiro atoms. The van der Waals surface area contributed by atoms with Crippen LogP contribution in [-0.4, -0.2) is 11.6 Å². The summed E-state index contributed by atoms with van der Waals surface area (Å²) in [5, 5.41) is 0. The summed E-state index contributed by atoms with van der Waals surface area (Å²) < 4.78 is 11.0. The van der Waals surface area contributed by atoms with Crippen LogP contribution in [-0.2, 0) is 0 Å². The van der Waals surface area contributed by atoms with Gasteiger partial charge >= 0.3 is 0 Å². The van der Waals surface area contributed by atoms with E-state index in [1.165, 1.54) is 0 Å². The number of hydrogen-bond acceptors (Lipinski definition) is 3. The standard InChI is InChI=1S/C14H13NO2S/c15-14(18)10-16-11-6-8-13(9-7-11)17-12-4-2-1-3-5-12/h1-9H,10H2,(H2,15,18). The van der Waals surface area contributed by atoms with Crippen molar-refractivity contribution in [3.63, 3.8) is 0 Å². The van der Waals surface area contributed by atoms with E-state index in [0.717, 1.165) is 11.5 Å². The number of nitrogens with two attached hydrogens (primary N) is 1. The van der Waals surface area contributed by atoms with E-state index >= 15 is 0 Å². The molecule has 3 nitrogen and oxygen atoms in total. The fourth-order valence-corrected chi connectivity index (χ4v) is 1.44. The molecule has 92 valence electrons. The topological polar surface area (TPSA) is 44.5 Å². The molecule has 0 bridgehead atoms. The molecule has 0 unspecified atom stereocenters. The second kappa shape index (κ2) is 6.02. The van der Waals surface area contributed by atoms with Crippen LogP contribution in [0, 0.1) is 0 Å². The summed E-state index contributed by atoms with van der Waals surface area (Å²) in [4.78, 5) is 0.333. The predicted octanol–water partition coefficient (Wildman–Crippen LogP) is 3.14. The highest BCUT2D eigenvalue weighted by Gasteiger charge is 1.98. The largest absolute Gasteiger partial charge is 0.487 e. The van der Waals surface area contributed by atoms with Crippen molar-refractivity contribution >= 4 is 17.2 Å². The zero-order chi connectivity index (χ0) is 12.8. The Morgan fingerprint density at radius 1 is 0.889 bits per heavy atom. The van der Waals surface area contributed by atoms with Crippen LogP contribution < -0.4 is 15.2 Å². The molecule has 2 aromatic rings. The van der Waals surface area contributed by atoms with Gasteiger partial charge < -0.3 is 15.2 Å². The molecule has 0 aliphatic heterocycles. The van der Waals surface area contributed by atoms with E-state index in [-0.39, 0.29) is 6.61 Å². The Morgan fingerprint density at radius 3 is 2.06 bits per heavy atom. The number of ether oxygens (including phenoxy) is 2. The van der Waals surface area contributed by atoms with Gasteiger partial charge in [0.1, 0.15) is 28.8 Å². The minimum Gasteiger partial charge on any atom is -0.487 e. The highest BCUT2D eigenvalue weighted by molar-refractivity contribution is 7.80. The molecule has 0 saturated heterocycles. The maximum absolute atomic E-state index is 5.65. The highest BCUT2D eigenvalue weighted by Crippen LogP contribution is 2.23. The lowest BCUT2D eigenvalue weighted by Crippen LogP contribution is -2.17. The minimum atomic E-state index is 0.244. The van der Waals surface area contributed by atoms with Gasteiger partial charge in [0.15, 0.2) is 0 Å². The van der Waals surface area contributed by atoms with Crippen molar-refractivity contribution in [2.75, 3.05) is 6.61 Å². The lowest BCUT2D eigenvalue weighted by Gasteiger charge is -2.07. The molecule has 0 fully saturated rings. The Balaban J connectivity index is 1.97. The van der Waals surface area contributed by atoms with Gasteiger partial charge in [-0.3, -0.25) is 0 Å². The van der Waals surface area contributed by atoms with Crippen molar-refractivity contribution in [1.82, 2.24) is 0 Å². The fraction of sp³-hybridized carbons (Fsp3) is 0.0714. The Labute approximate surface area is 111 Å². The summed E-state index contributed by atoms with van der Waals surface area (Å²) in [7, 11) is 0. The average Bonchev–Trinajstić information content (AvgIpc) is 2.39. The second-order valence-electron chi connectivity index (χ2n) is 3.64. The Hall–Kier alpha value is -2.07. The van der Waals surface area contributed by atoms with Crippen molar-refractivity contribution in [2.45, 2.75) is 0 Å². The van der Waals surface area contributed by atoms with Crippen molar-refractivity contribution in [2.24, 2.45) is 5.73 Å². The van der Waals surface area contributed by atoms with Gasteiger partial charge in [-0.2, -0.15) is 0 Å². The van der Waals surface area contributed by atoms with Gasteiger partial charge in [0.25, 0.3) is 0 Å². The molecule has 0 aliphatic rings. The summed E-state index contributed by atoms with van der Waals surface area (Å²) in [6, 6.07) is 16.9. The summed E-state index contributed by atoms with van der Waals surface area (Å²) in [6.07, 6.45) is 0. The van der Waals surface area contributed by atoms with Crippen molar-refractivity contribution in [3.8, 4) is 17.2 Å². The van der Waals surface area contributed by atoms with E-state index in [1.807, 2.05) is 54.6 Å². The molecule has 0 radical (unpaired) electrons. The molecule has 0 saturated carbocycles. The number of benzene rings is 2. The third-order valence-electron chi connectivity index (χ3n) is 2.18. The maximum atomic E-state index is 5.65. The smallest absolute Gasteiger partial charge is 0.138 e. The van der Waals surface area contributed by atoms with Crippen molar-refractivity contribution in [1.29, 1.82) is 0 Å². The molecule has 0 amide bonds. The molecule has 0 aliphatic carbocycles. The molecule has 2 rings (SSSR count). The molecule has 0 atom stereocenters. The summed E-state index contributed by atoms with van der Waals surface area (Å²) >= 11 is 4.74. The lowest BCUT2D eigenvalue weighted by molar-refractivity contribution is 0.376. The van der Waals surface area contributed by atoms with Gasteiger partial charge in [0.05, 0.1) is 0 Å². The molecular weight excluding hydrogens is 246 g/mol. The normalized spacial score (nSPS) is 9.78. The second-order valence-corrected chi connectivity index (χ2v) is 4.17. The van der Waals surface area contributed by atoms with Crippen LogP contribution in [0.15, 0.2) is 54.6 Å². The summed E-state index contributed by atoms with van der Waals surface area (Å²) in [5.74, 6) is 2.27.